The minimum atomic E-state index is 0.564. The van der Waals surface area contributed by atoms with Crippen molar-refractivity contribution in [2.24, 2.45) is 5.73 Å². The fourth-order valence-corrected chi connectivity index (χ4v) is 3.10. The molecule has 0 aromatic carbocycles. The first kappa shape index (κ1) is 8.20. The molecule has 1 nitrogen and oxygen atoms in total. The minimum absolute atomic E-state index is 0.564. The summed E-state index contributed by atoms with van der Waals surface area (Å²) in [6.45, 7) is 0. The van der Waals surface area contributed by atoms with E-state index in [2.05, 4.69) is 5.38 Å². The van der Waals surface area contributed by atoms with Gasteiger partial charge >= 0.3 is 0 Å². The van der Waals surface area contributed by atoms with Crippen molar-refractivity contribution >= 4 is 28.5 Å². The first-order chi connectivity index (χ1) is 5.79. The Kier molecular flexibility index (Phi) is 2.15. The summed E-state index contributed by atoms with van der Waals surface area (Å²) in [5.41, 5.74) is 8.18. The molecular formula is C9H11NS2. The molecule has 1 heterocycles. The zero-order valence-corrected chi connectivity index (χ0v) is 8.43. The van der Waals surface area contributed by atoms with Crippen molar-refractivity contribution in [3.05, 3.63) is 21.4 Å². The zero-order valence-electron chi connectivity index (χ0n) is 6.80. The molecule has 1 aliphatic rings. The third-order valence-corrected chi connectivity index (χ3v) is 3.64. The van der Waals surface area contributed by atoms with Crippen molar-refractivity contribution < 1.29 is 0 Å². The van der Waals surface area contributed by atoms with Crippen LogP contribution in [0.15, 0.2) is 5.38 Å². The summed E-state index contributed by atoms with van der Waals surface area (Å²) < 4.78 is 0. The van der Waals surface area contributed by atoms with Crippen molar-refractivity contribution in [2.45, 2.75) is 25.7 Å². The van der Waals surface area contributed by atoms with Crippen molar-refractivity contribution in [3.63, 3.8) is 0 Å². The first-order valence-corrected chi connectivity index (χ1v) is 5.47. The number of hydrogen-bond acceptors (Lipinski definition) is 2. The number of thiocarbonyl (C=S) groups is 1. The van der Waals surface area contributed by atoms with Gasteiger partial charge in [-0.1, -0.05) is 12.2 Å². The Morgan fingerprint density at radius 1 is 1.42 bits per heavy atom. The second kappa shape index (κ2) is 3.15. The standard InChI is InChI=1S/C9H11NS2/c10-9(11)7-5-12-8-4-2-1-3-6(7)8/h5H,1-4H2,(H2,10,11). The van der Waals surface area contributed by atoms with Crippen molar-refractivity contribution in [1.29, 1.82) is 0 Å². The van der Waals surface area contributed by atoms with Gasteiger partial charge in [-0.05, 0) is 31.2 Å². The van der Waals surface area contributed by atoms with E-state index in [-0.39, 0.29) is 0 Å². The summed E-state index contributed by atoms with van der Waals surface area (Å²) in [5, 5.41) is 2.11. The topological polar surface area (TPSA) is 26.0 Å². The summed E-state index contributed by atoms with van der Waals surface area (Å²) in [7, 11) is 0. The fourth-order valence-electron chi connectivity index (χ4n) is 1.70. The van der Waals surface area contributed by atoms with Crippen LogP contribution in [0, 0.1) is 0 Å². The molecule has 0 spiro atoms. The Hall–Kier alpha value is -0.410. The molecule has 0 saturated carbocycles. The summed E-state index contributed by atoms with van der Waals surface area (Å²) in [6.07, 6.45) is 5.01. The molecule has 0 unspecified atom stereocenters. The zero-order chi connectivity index (χ0) is 8.55. The molecule has 0 fully saturated rings. The van der Waals surface area contributed by atoms with Crippen LogP contribution in [0.5, 0.6) is 0 Å². The van der Waals surface area contributed by atoms with E-state index in [1.807, 2.05) is 11.3 Å². The van der Waals surface area contributed by atoms with E-state index in [4.69, 9.17) is 18.0 Å². The highest BCUT2D eigenvalue weighted by Crippen LogP contribution is 2.29. The Morgan fingerprint density at radius 2 is 2.17 bits per heavy atom. The van der Waals surface area contributed by atoms with Gasteiger partial charge in [0, 0.05) is 15.8 Å². The van der Waals surface area contributed by atoms with Crippen LogP contribution >= 0.6 is 23.6 Å². The molecule has 12 heavy (non-hydrogen) atoms. The van der Waals surface area contributed by atoms with E-state index in [0.29, 0.717) is 4.99 Å². The molecule has 1 aliphatic carbocycles. The van der Waals surface area contributed by atoms with Crippen molar-refractivity contribution in [2.75, 3.05) is 0 Å². The minimum Gasteiger partial charge on any atom is -0.389 e. The number of hydrogen-bond donors (Lipinski definition) is 1. The molecule has 3 heteroatoms. The molecule has 0 atom stereocenters. The monoisotopic (exact) mass is 197 g/mol. The Morgan fingerprint density at radius 3 is 2.92 bits per heavy atom. The van der Waals surface area contributed by atoms with Crippen molar-refractivity contribution in [1.82, 2.24) is 0 Å². The second-order valence-corrected chi connectivity index (χ2v) is 4.53. The molecule has 0 saturated heterocycles. The van der Waals surface area contributed by atoms with Crippen LogP contribution in [-0.2, 0) is 12.8 Å². The van der Waals surface area contributed by atoms with Gasteiger partial charge in [0.25, 0.3) is 0 Å². The Labute approximate surface area is 81.6 Å². The molecule has 2 N–H and O–H groups in total. The predicted octanol–water partition coefficient (Wildman–Crippen LogP) is 2.26. The smallest absolute Gasteiger partial charge is 0.105 e. The van der Waals surface area contributed by atoms with Gasteiger partial charge in [-0.15, -0.1) is 11.3 Å². The average molecular weight is 197 g/mol. The molecule has 2 rings (SSSR count). The van der Waals surface area contributed by atoms with Crippen LogP contribution < -0.4 is 5.73 Å². The molecular weight excluding hydrogens is 186 g/mol. The van der Waals surface area contributed by atoms with E-state index in [0.717, 1.165) is 5.56 Å². The third-order valence-electron chi connectivity index (χ3n) is 2.33. The van der Waals surface area contributed by atoms with Crippen LogP contribution in [0.4, 0.5) is 0 Å². The van der Waals surface area contributed by atoms with E-state index in [1.54, 1.807) is 0 Å². The van der Waals surface area contributed by atoms with Crippen LogP contribution in [-0.4, -0.2) is 4.99 Å². The van der Waals surface area contributed by atoms with Crippen molar-refractivity contribution in [3.8, 4) is 0 Å². The quantitative estimate of drug-likeness (QED) is 0.699. The number of fused-ring (bicyclic) bond motifs is 1. The van der Waals surface area contributed by atoms with E-state index >= 15 is 0 Å². The van der Waals surface area contributed by atoms with Gasteiger partial charge in [-0.25, -0.2) is 0 Å². The summed E-state index contributed by atoms with van der Waals surface area (Å²) >= 11 is 6.80. The largest absolute Gasteiger partial charge is 0.389 e. The Bertz CT molecular complexity index is 314. The van der Waals surface area contributed by atoms with Gasteiger partial charge in [0.05, 0.1) is 0 Å². The maximum atomic E-state index is 5.62. The molecule has 0 bridgehead atoms. The van der Waals surface area contributed by atoms with Gasteiger partial charge in [0.1, 0.15) is 4.99 Å². The molecule has 0 aliphatic heterocycles. The van der Waals surface area contributed by atoms with Crippen LogP contribution in [0.25, 0.3) is 0 Å². The third kappa shape index (κ3) is 1.27. The Balaban J connectivity index is 2.44. The summed E-state index contributed by atoms with van der Waals surface area (Å²) in [6, 6.07) is 0. The number of rotatable bonds is 1. The first-order valence-electron chi connectivity index (χ1n) is 4.18. The van der Waals surface area contributed by atoms with Crippen LogP contribution in [0.1, 0.15) is 28.8 Å². The number of thiophene rings is 1. The van der Waals surface area contributed by atoms with Gasteiger partial charge in [-0.2, -0.15) is 0 Å². The van der Waals surface area contributed by atoms with Gasteiger partial charge in [0.2, 0.25) is 0 Å². The highest BCUT2D eigenvalue weighted by molar-refractivity contribution is 7.80. The highest BCUT2D eigenvalue weighted by Gasteiger charge is 2.16. The lowest BCUT2D eigenvalue weighted by Gasteiger charge is -2.11. The number of nitrogens with two attached hydrogens (primary N) is 1. The van der Waals surface area contributed by atoms with E-state index < -0.39 is 0 Å². The normalized spacial score (nSPS) is 15.7. The molecule has 1 aromatic rings. The SMILES string of the molecule is NC(=S)c1csc2c1CCCC2. The molecule has 1 aromatic heterocycles. The van der Waals surface area contributed by atoms with Gasteiger partial charge in [-0.3, -0.25) is 0 Å². The summed E-state index contributed by atoms with van der Waals surface area (Å²) in [4.78, 5) is 2.07. The molecule has 0 amide bonds. The second-order valence-electron chi connectivity index (χ2n) is 3.12. The van der Waals surface area contributed by atoms with E-state index in [9.17, 15) is 0 Å². The average Bonchev–Trinajstić information content (AvgIpc) is 2.47. The maximum absolute atomic E-state index is 5.62. The fraction of sp³-hybridized carbons (Fsp3) is 0.444. The summed E-state index contributed by atoms with van der Waals surface area (Å²) in [5.74, 6) is 0. The van der Waals surface area contributed by atoms with E-state index in [1.165, 1.54) is 36.1 Å². The lowest BCUT2D eigenvalue weighted by atomic mass is 9.96. The van der Waals surface area contributed by atoms with Crippen LogP contribution in [0.2, 0.25) is 0 Å². The maximum Gasteiger partial charge on any atom is 0.105 e. The predicted molar refractivity (Wildman–Crippen MR) is 56.8 cm³/mol. The van der Waals surface area contributed by atoms with Gasteiger partial charge < -0.3 is 5.73 Å². The lowest BCUT2D eigenvalue weighted by molar-refractivity contribution is 0.696. The number of aryl methyl sites for hydroxylation is 1. The lowest BCUT2D eigenvalue weighted by Crippen LogP contribution is -2.12. The molecule has 0 radical (unpaired) electrons. The molecule has 64 valence electrons. The highest BCUT2D eigenvalue weighted by atomic mass is 32.1. The van der Waals surface area contributed by atoms with Gasteiger partial charge in [0.15, 0.2) is 0 Å². The van der Waals surface area contributed by atoms with Crippen LogP contribution in [0.3, 0.4) is 0 Å².